The number of hydrogen-bond donors (Lipinski definition) is 0. The average Bonchev–Trinajstić information content (AvgIpc) is 2.74. The summed E-state index contributed by atoms with van der Waals surface area (Å²) < 4.78 is 25.7. The fourth-order valence-corrected chi connectivity index (χ4v) is 3.84. The van der Waals surface area contributed by atoms with Crippen LogP contribution in [-0.4, -0.2) is 6.61 Å². The highest BCUT2D eigenvalue weighted by atomic mass is 19.1. The lowest BCUT2D eigenvalue weighted by Gasteiger charge is -2.27. The van der Waals surface area contributed by atoms with Crippen LogP contribution in [0.2, 0.25) is 0 Å². The van der Waals surface area contributed by atoms with E-state index in [0.29, 0.717) is 34.5 Å². The van der Waals surface area contributed by atoms with Crippen LogP contribution in [-0.2, 0) is 11.2 Å². The quantitative estimate of drug-likeness (QED) is 0.482. The Kier molecular flexibility index (Phi) is 4.06. The lowest BCUT2D eigenvalue weighted by atomic mass is 9.90. The summed E-state index contributed by atoms with van der Waals surface area (Å²) in [5, 5.41) is 0.509. The second-order valence-electron chi connectivity index (χ2n) is 6.88. The van der Waals surface area contributed by atoms with Gasteiger partial charge in [-0.2, -0.15) is 0 Å². The average molecular weight is 372 g/mol. The molecule has 2 heterocycles. The van der Waals surface area contributed by atoms with Gasteiger partial charge in [0.25, 0.3) is 0 Å². The molecule has 1 unspecified atom stereocenters. The molecule has 0 N–H and O–H groups in total. The van der Waals surface area contributed by atoms with Crippen molar-refractivity contribution in [2.24, 2.45) is 0 Å². The summed E-state index contributed by atoms with van der Waals surface area (Å²) in [6.45, 7) is 0.525. The van der Waals surface area contributed by atoms with Crippen molar-refractivity contribution in [2.45, 2.75) is 12.5 Å². The van der Waals surface area contributed by atoms with Crippen molar-refractivity contribution in [1.29, 1.82) is 0 Å². The minimum Gasteiger partial charge on any atom is -0.455 e. The van der Waals surface area contributed by atoms with Crippen molar-refractivity contribution in [1.82, 2.24) is 0 Å². The van der Waals surface area contributed by atoms with Crippen LogP contribution >= 0.6 is 0 Å². The van der Waals surface area contributed by atoms with E-state index in [9.17, 15) is 9.18 Å². The maximum atomic E-state index is 13.5. The van der Waals surface area contributed by atoms with Gasteiger partial charge in [0.05, 0.1) is 17.6 Å². The van der Waals surface area contributed by atoms with E-state index < -0.39 is 6.10 Å². The van der Waals surface area contributed by atoms with Crippen molar-refractivity contribution in [3.8, 4) is 11.3 Å². The summed E-state index contributed by atoms with van der Waals surface area (Å²) in [7, 11) is 0. The molecule has 1 aliphatic rings. The molecule has 0 bridgehead atoms. The largest absolute Gasteiger partial charge is 0.455 e. The Morgan fingerprint density at radius 3 is 2.50 bits per heavy atom. The normalized spacial score (nSPS) is 16.1. The van der Waals surface area contributed by atoms with Gasteiger partial charge in [0.1, 0.15) is 23.3 Å². The van der Waals surface area contributed by atoms with E-state index in [4.69, 9.17) is 9.15 Å². The van der Waals surface area contributed by atoms with Gasteiger partial charge in [-0.05, 0) is 53.9 Å². The standard InChI is InChI=1S/C24H17FO3/c25-17-11-9-16(10-12-17)23-21(22(26)19-7-3-4-8-20(19)28-23)24-18-6-2-1-5-15(18)13-14-27-24/h1-12,24H,13-14H2. The van der Waals surface area contributed by atoms with E-state index in [0.717, 1.165) is 17.5 Å². The van der Waals surface area contributed by atoms with Gasteiger partial charge >= 0.3 is 0 Å². The Bertz CT molecular complexity index is 1220. The summed E-state index contributed by atoms with van der Waals surface area (Å²) in [4.78, 5) is 13.5. The van der Waals surface area contributed by atoms with Crippen LogP contribution in [0.25, 0.3) is 22.3 Å². The zero-order chi connectivity index (χ0) is 19.1. The van der Waals surface area contributed by atoms with Gasteiger partial charge in [0.15, 0.2) is 5.43 Å². The van der Waals surface area contributed by atoms with Crippen LogP contribution < -0.4 is 5.43 Å². The van der Waals surface area contributed by atoms with Crippen LogP contribution in [0.4, 0.5) is 4.39 Å². The van der Waals surface area contributed by atoms with Crippen molar-refractivity contribution in [2.75, 3.05) is 6.61 Å². The lowest BCUT2D eigenvalue weighted by molar-refractivity contribution is 0.0687. The topological polar surface area (TPSA) is 39.4 Å². The monoisotopic (exact) mass is 372 g/mol. The molecule has 0 saturated heterocycles. The van der Waals surface area contributed by atoms with Gasteiger partial charge in [-0.1, -0.05) is 36.4 Å². The first-order valence-corrected chi connectivity index (χ1v) is 9.23. The molecule has 0 aliphatic carbocycles. The zero-order valence-electron chi connectivity index (χ0n) is 15.0. The molecule has 0 amide bonds. The van der Waals surface area contributed by atoms with Crippen molar-refractivity contribution >= 4 is 11.0 Å². The molecule has 138 valence electrons. The van der Waals surface area contributed by atoms with Crippen LogP contribution in [0.15, 0.2) is 82.0 Å². The summed E-state index contributed by atoms with van der Waals surface area (Å²) in [5.41, 5.74) is 3.61. The number of halogens is 1. The Balaban J connectivity index is 1.83. The van der Waals surface area contributed by atoms with E-state index >= 15 is 0 Å². The minimum absolute atomic E-state index is 0.122. The molecule has 28 heavy (non-hydrogen) atoms. The third-order valence-corrected chi connectivity index (χ3v) is 5.20. The molecule has 1 aromatic heterocycles. The predicted molar refractivity (Wildman–Crippen MR) is 106 cm³/mol. The number of rotatable bonds is 2. The summed E-state index contributed by atoms with van der Waals surface area (Å²) in [6, 6.07) is 21.1. The lowest BCUT2D eigenvalue weighted by Crippen LogP contribution is -2.24. The van der Waals surface area contributed by atoms with Gasteiger partial charge in [0.2, 0.25) is 0 Å². The second kappa shape index (κ2) is 6.73. The van der Waals surface area contributed by atoms with E-state index in [1.807, 2.05) is 30.3 Å². The first-order chi connectivity index (χ1) is 13.7. The molecule has 0 saturated carbocycles. The van der Waals surface area contributed by atoms with Crippen molar-refractivity contribution in [3.63, 3.8) is 0 Å². The van der Waals surface area contributed by atoms with Crippen LogP contribution in [0.3, 0.4) is 0 Å². The summed E-state index contributed by atoms with van der Waals surface area (Å²) in [5.74, 6) is 0.0816. The highest BCUT2D eigenvalue weighted by Crippen LogP contribution is 2.37. The highest BCUT2D eigenvalue weighted by molar-refractivity contribution is 5.81. The molecule has 4 aromatic rings. The van der Waals surface area contributed by atoms with Gasteiger partial charge in [-0.3, -0.25) is 4.79 Å². The van der Waals surface area contributed by atoms with Crippen molar-refractivity contribution in [3.05, 3.63) is 106 Å². The molecular formula is C24H17FO3. The van der Waals surface area contributed by atoms with E-state index in [2.05, 4.69) is 6.07 Å². The second-order valence-corrected chi connectivity index (χ2v) is 6.88. The summed E-state index contributed by atoms with van der Waals surface area (Å²) >= 11 is 0. The van der Waals surface area contributed by atoms with E-state index in [-0.39, 0.29) is 11.2 Å². The number of para-hydroxylation sites is 1. The van der Waals surface area contributed by atoms with Crippen molar-refractivity contribution < 1.29 is 13.5 Å². The highest BCUT2D eigenvalue weighted by Gasteiger charge is 2.29. The van der Waals surface area contributed by atoms with Gasteiger partial charge < -0.3 is 9.15 Å². The maximum Gasteiger partial charge on any atom is 0.199 e. The Hall–Kier alpha value is -3.24. The Labute approximate surface area is 161 Å². The Morgan fingerprint density at radius 1 is 0.893 bits per heavy atom. The number of fused-ring (bicyclic) bond motifs is 2. The molecule has 1 aliphatic heterocycles. The molecule has 0 radical (unpaired) electrons. The zero-order valence-corrected chi connectivity index (χ0v) is 15.0. The van der Waals surface area contributed by atoms with E-state index in [1.165, 1.54) is 12.1 Å². The SMILES string of the molecule is O=c1c(C2OCCc3ccccc32)c(-c2ccc(F)cc2)oc2ccccc12. The Morgan fingerprint density at radius 2 is 1.64 bits per heavy atom. The van der Waals surface area contributed by atoms with Gasteiger partial charge in [-0.15, -0.1) is 0 Å². The first-order valence-electron chi connectivity index (χ1n) is 9.23. The maximum absolute atomic E-state index is 13.5. The van der Waals surface area contributed by atoms with Crippen LogP contribution in [0.1, 0.15) is 22.8 Å². The summed E-state index contributed by atoms with van der Waals surface area (Å²) in [6.07, 6.45) is 0.281. The molecular weight excluding hydrogens is 355 g/mol. The van der Waals surface area contributed by atoms with E-state index in [1.54, 1.807) is 24.3 Å². The fraction of sp³-hybridized carbons (Fsp3) is 0.125. The van der Waals surface area contributed by atoms with Crippen LogP contribution in [0, 0.1) is 5.82 Å². The smallest absolute Gasteiger partial charge is 0.199 e. The molecule has 0 fully saturated rings. The molecule has 0 spiro atoms. The third kappa shape index (κ3) is 2.74. The molecule has 3 aromatic carbocycles. The first kappa shape index (κ1) is 16.9. The minimum atomic E-state index is -0.522. The number of benzene rings is 3. The molecule has 1 atom stereocenters. The van der Waals surface area contributed by atoms with Gasteiger partial charge in [0, 0.05) is 5.56 Å². The number of hydrogen-bond acceptors (Lipinski definition) is 3. The molecule has 3 nitrogen and oxygen atoms in total. The predicted octanol–water partition coefficient (Wildman–Crippen LogP) is 5.26. The van der Waals surface area contributed by atoms with Crippen LogP contribution in [0.5, 0.6) is 0 Å². The number of ether oxygens (including phenoxy) is 1. The van der Waals surface area contributed by atoms with Gasteiger partial charge in [-0.25, -0.2) is 4.39 Å². The fourth-order valence-electron chi connectivity index (χ4n) is 3.84. The molecule has 5 rings (SSSR count). The molecule has 4 heteroatoms. The third-order valence-electron chi connectivity index (χ3n) is 5.20.